The molecule has 0 radical (unpaired) electrons. The topological polar surface area (TPSA) is 56.7 Å². The van der Waals surface area contributed by atoms with E-state index in [1.165, 1.54) is 0 Å². The minimum absolute atomic E-state index is 0.139. The molecule has 78 valence electrons. The van der Waals surface area contributed by atoms with Crippen LogP contribution in [0.5, 0.6) is 0 Å². The van der Waals surface area contributed by atoms with Gasteiger partial charge < -0.3 is 5.73 Å². The number of aromatic nitrogens is 3. The maximum absolute atomic E-state index is 5.93. The van der Waals surface area contributed by atoms with Crippen LogP contribution in [-0.4, -0.2) is 14.5 Å². The van der Waals surface area contributed by atoms with Crippen molar-refractivity contribution in [3.8, 4) is 0 Å². The minimum Gasteiger partial charge on any atom is -0.369 e. The molecule has 2 aromatic heterocycles. The standard InChI is InChI=1S/C10H11BrN4/c1-10(2-3-10)15-8-7(14-9(15)12)4-6(11)5-13-8/h4-5H,2-3H2,1H3,(H2,12,14). The molecule has 2 aromatic rings. The first-order valence-electron chi connectivity index (χ1n) is 4.90. The van der Waals surface area contributed by atoms with Crippen LogP contribution in [0.25, 0.3) is 11.2 Å². The van der Waals surface area contributed by atoms with Crippen molar-refractivity contribution in [2.45, 2.75) is 25.3 Å². The Balaban J connectivity index is 2.33. The molecule has 0 aromatic carbocycles. The Kier molecular flexibility index (Phi) is 1.66. The Hall–Kier alpha value is -1.10. The van der Waals surface area contributed by atoms with E-state index in [0.717, 1.165) is 28.5 Å². The highest BCUT2D eigenvalue weighted by Crippen LogP contribution is 2.45. The summed E-state index contributed by atoms with van der Waals surface area (Å²) in [4.78, 5) is 8.71. The number of nitrogens with zero attached hydrogens (tertiary/aromatic N) is 3. The Bertz CT molecular complexity index is 542. The van der Waals surface area contributed by atoms with Crippen molar-refractivity contribution in [2.75, 3.05) is 5.73 Å². The molecule has 0 atom stereocenters. The molecule has 1 aliphatic carbocycles. The molecule has 3 rings (SSSR count). The van der Waals surface area contributed by atoms with Crippen molar-refractivity contribution in [3.05, 3.63) is 16.7 Å². The second-order valence-electron chi connectivity index (χ2n) is 4.30. The van der Waals surface area contributed by atoms with E-state index in [2.05, 4.69) is 37.4 Å². The normalized spacial score (nSPS) is 18.3. The lowest BCUT2D eigenvalue weighted by Gasteiger charge is -2.12. The Morgan fingerprint density at radius 3 is 2.93 bits per heavy atom. The van der Waals surface area contributed by atoms with Gasteiger partial charge in [-0.3, -0.25) is 4.57 Å². The first-order valence-corrected chi connectivity index (χ1v) is 5.69. The van der Waals surface area contributed by atoms with E-state index in [0.29, 0.717) is 5.95 Å². The van der Waals surface area contributed by atoms with Gasteiger partial charge in [-0.1, -0.05) is 0 Å². The van der Waals surface area contributed by atoms with Gasteiger partial charge in [0.25, 0.3) is 0 Å². The summed E-state index contributed by atoms with van der Waals surface area (Å²) < 4.78 is 2.98. The molecule has 1 aliphatic rings. The van der Waals surface area contributed by atoms with Crippen LogP contribution in [-0.2, 0) is 5.54 Å². The first kappa shape index (κ1) is 9.15. The first-order chi connectivity index (χ1) is 7.10. The van der Waals surface area contributed by atoms with Gasteiger partial charge in [-0.05, 0) is 41.8 Å². The number of nitrogens with two attached hydrogens (primary N) is 1. The van der Waals surface area contributed by atoms with E-state index in [4.69, 9.17) is 5.73 Å². The summed E-state index contributed by atoms with van der Waals surface area (Å²) in [6.07, 6.45) is 4.09. The molecule has 0 aliphatic heterocycles. The average molecular weight is 267 g/mol. The quantitative estimate of drug-likeness (QED) is 0.862. The maximum Gasteiger partial charge on any atom is 0.202 e. The summed E-state index contributed by atoms with van der Waals surface area (Å²) in [6, 6.07) is 1.95. The summed E-state index contributed by atoms with van der Waals surface area (Å²) in [7, 11) is 0. The average Bonchev–Trinajstić information content (AvgIpc) is 2.79. The zero-order chi connectivity index (χ0) is 10.6. The lowest BCUT2D eigenvalue weighted by atomic mass is 10.3. The number of nitrogen functional groups attached to an aromatic ring is 1. The zero-order valence-corrected chi connectivity index (χ0v) is 9.95. The fourth-order valence-corrected chi connectivity index (χ4v) is 2.21. The van der Waals surface area contributed by atoms with Crippen LogP contribution in [0.2, 0.25) is 0 Å². The number of halogens is 1. The lowest BCUT2D eigenvalue weighted by molar-refractivity contribution is 0.553. The predicted molar refractivity (Wildman–Crippen MR) is 62.5 cm³/mol. The lowest BCUT2D eigenvalue weighted by Crippen LogP contribution is -2.15. The van der Waals surface area contributed by atoms with Crippen LogP contribution < -0.4 is 5.73 Å². The van der Waals surface area contributed by atoms with Crippen molar-refractivity contribution in [2.24, 2.45) is 0 Å². The van der Waals surface area contributed by atoms with Gasteiger partial charge >= 0.3 is 0 Å². The van der Waals surface area contributed by atoms with E-state index >= 15 is 0 Å². The summed E-state index contributed by atoms with van der Waals surface area (Å²) in [5.41, 5.74) is 7.81. The molecule has 1 fully saturated rings. The molecule has 5 heteroatoms. The van der Waals surface area contributed by atoms with E-state index in [9.17, 15) is 0 Å². The van der Waals surface area contributed by atoms with Gasteiger partial charge in [0.05, 0.1) is 0 Å². The SMILES string of the molecule is CC1(n2c(N)nc3cc(Br)cnc32)CC1. The van der Waals surface area contributed by atoms with E-state index < -0.39 is 0 Å². The highest BCUT2D eigenvalue weighted by atomic mass is 79.9. The van der Waals surface area contributed by atoms with Crippen LogP contribution in [0.1, 0.15) is 19.8 Å². The smallest absolute Gasteiger partial charge is 0.202 e. The van der Waals surface area contributed by atoms with E-state index in [1.807, 2.05) is 6.07 Å². The van der Waals surface area contributed by atoms with Crippen LogP contribution in [0, 0.1) is 0 Å². The molecule has 0 spiro atoms. The van der Waals surface area contributed by atoms with Crippen LogP contribution in [0.15, 0.2) is 16.7 Å². The van der Waals surface area contributed by atoms with Crippen molar-refractivity contribution >= 4 is 33.0 Å². The van der Waals surface area contributed by atoms with Crippen molar-refractivity contribution in [1.29, 1.82) is 0 Å². The molecule has 4 nitrogen and oxygen atoms in total. The minimum atomic E-state index is 0.139. The highest BCUT2D eigenvalue weighted by molar-refractivity contribution is 9.10. The van der Waals surface area contributed by atoms with Gasteiger partial charge in [-0.15, -0.1) is 0 Å². The summed E-state index contributed by atoms with van der Waals surface area (Å²) in [5.74, 6) is 0.565. The largest absolute Gasteiger partial charge is 0.369 e. The molecule has 0 unspecified atom stereocenters. The fourth-order valence-electron chi connectivity index (χ4n) is 1.89. The third-order valence-corrected chi connectivity index (χ3v) is 3.44. The molecule has 15 heavy (non-hydrogen) atoms. The van der Waals surface area contributed by atoms with Gasteiger partial charge in [0, 0.05) is 16.2 Å². The fraction of sp³-hybridized carbons (Fsp3) is 0.400. The number of rotatable bonds is 1. The van der Waals surface area contributed by atoms with E-state index in [-0.39, 0.29) is 5.54 Å². The predicted octanol–water partition coefficient (Wildman–Crippen LogP) is 2.29. The zero-order valence-electron chi connectivity index (χ0n) is 8.37. The Labute approximate surface area is 95.6 Å². The van der Waals surface area contributed by atoms with Gasteiger partial charge in [0.1, 0.15) is 5.52 Å². The number of hydrogen-bond acceptors (Lipinski definition) is 3. The van der Waals surface area contributed by atoms with Crippen molar-refractivity contribution < 1.29 is 0 Å². The Morgan fingerprint density at radius 2 is 2.27 bits per heavy atom. The third-order valence-electron chi connectivity index (χ3n) is 3.00. The molecular weight excluding hydrogens is 256 g/mol. The summed E-state index contributed by atoms with van der Waals surface area (Å²) >= 11 is 3.38. The summed E-state index contributed by atoms with van der Waals surface area (Å²) in [5, 5.41) is 0. The third kappa shape index (κ3) is 1.26. The number of pyridine rings is 1. The number of imidazole rings is 1. The van der Waals surface area contributed by atoms with Crippen LogP contribution in [0.3, 0.4) is 0 Å². The van der Waals surface area contributed by atoms with Crippen molar-refractivity contribution in [3.63, 3.8) is 0 Å². The highest BCUT2D eigenvalue weighted by Gasteiger charge is 2.42. The van der Waals surface area contributed by atoms with Gasteiger partial charge in [0.15, 0.2) is 5.65 Å². The molecule has 0 bridgehead atoms. The van der Waals surface area contributed by atoms with Gasteiger partial charge in [0.2, 0.25) is 5.95 Å². The molecular formula is C10H11BrN4. The second-order valence-corrected chi connectivity index (χ2v) is 5.21. The summed E-state index contributed by atoms with van der Waals surface area (Å²) in [6.45, 7) is 2.19. The monoisotopic (exact) mass is 266 g/mol. The van der Waals surface area contributed by atoms with Gasteiger partial charge in [-0.25, -0.2) is 9.97 Å². The molecule has 0 amide bonds. The van der Waals surface area contributed by atoms with E-state index in [1.54, 1.807) is 6.20 Å². The van der Waals surface area contributed by atoms with Gasteiger partial charge in [-0.2, -0.15) is 0 Å². The van der Waals surface area contributed by atoms with Crippen molar-refractivity contribution in [1.82, 2.24) is 14.5 Å². The molecule has 2 heterocycles. The molecule has 1 saturated carbocycles. The molecule has 2 N–H and O–H groups in total. The number of hydrogen-bond donors (Lipinski definition) is 1. The van der Waals surface area contributed by atoms with Crippen LogP contribution >= 0.6 is 15.9 Å². The maximum atomic E-state index is 5.93. The second kappa shape index (κ2) is 2.72. The number of anilines is 1. The molecule has 0 saturated heterocycles. The Morgan fingerprint density at radius 1 is 1.53 bits per heavy atom. The van der Waals surface area contributed by atoms with Crippen LogP contribution in [0.4, 0.5) is 5.95 Å². The number of fused-ring (bicyclic) bond motifs is 1.